The van der Waals surface area contributed by atoms with E-state index in [2.05, 4.69) is 5.10 Å². The van der Waals surface area contributed by atoms with Gasteiger partial charge in [-0.1, -0.05) is 18.2 Å². The molecule has 2 saturated heterocycles. The second-order valence-corrected chi connectivity index (χ2v) is 7.68. The number of benzene rings is 1. The van der Waals surface area contributed by atoms with Crippen LogP contribution in [0.4, 0.5) is 0 Å². The minimum atomic E-state index is -0.110. The molecule has 1 spiro atoms. The summed E-state index contributed by atoms with van der Waals surface area (Å²) in [5.41, 5.74) is 1.41. The Morgan fingerprint density at radius 1 is 1.35 bits per heavy atom. The third kappa shape index (κ3) is 3.12. The summed E-state index contributed by atoms with van der Waals surface area (Å²) in [6.07, 6.45) is 4.62. The number of nitrogens with zero attached hydrogens (tertiary/aromatic N) is 3. The summed E-state index contributed by atoms with van der Waals surface area (Å²) in [7, 11) is 1.88. The van der Waals surface area contributed by atoms with Crippen LogP contribution in [0, 0.1) is 5.92 Å². The number of likely N-dealkylation sites (tertiary alicyclic amines) is 1. The van der Waals surface area contributed by atoms with Crippen LogP contribution in [0.3, 0.4) is 0 Å². The van der Waals surface area contributed by atoms with Crippen LogP contribution < -0.4 is 0 Å². The Labute approximate surface area is 153 Å². The summed E-state index contributed by atoms with van der Waals surface area (Å²) >= 11 is 0. The monoisotopic (exact) mass is 357 g/mol. The summed E-state index contributed by atoms with van der Waals surface area (Å²) in [5, 5.41) is 14.6. The molecule has 0 bridgehead atoms. The molecular weight excluding hydrogens is 330 g/mol. The van der Waals surface area contributed by atoms with E-state index in [0.29, 0.717) is 24.7 Å². The van der Waals surface area contributed by atoms with Gasteiger partial charge in [0, 0.05) is 38.7 Å². The van der Waals surface area contributed by atoms with Gasteiger partial charge in [0.25, 0.3) is 5.91 Å². The molecule has 1 N–H and O–H groups in total. The zero-order valence-electron chi connectivity index (χ0n) is 15.4. The van der Waals surface area contributed by atoms with Crippen molar-refractivity contribution in [3.8, 4) is 0 Å². The lowest BCUT2D eigenvalue weighted by atomic mass is 9.78. The Hall–Kier alpha value is -1.92. The second-order valence-electron chi connectivity index (χ2n) is 7.68. The molecule has 2 aliphatic rings. The quantitative estimate of drug-likeness (QED) is 0.916. The summed E-state index contributed by atoms with van der Waals surface area (Å²) in [4.78, 5) is 15.0. The lowest BCUT2D eigenvalue weighted by Gasteiger charge is -2.46. The van der Waals surface area contributed by atoms with Crippen molar-refractivity contribution in [2.24, 2.45) is 13.0 Å². The number of hydrogen-bond acceptors (Lipinski definition) is 4. The fourth-order valence-corrected chi connectivity index (χ4v) is 4.55. The summed E-state index contributed by atoms with van der Waals surface area (Å²) in [5.74, 6) is 0.551. The van der Waals surface area contributed by atoms with E-state index in [1.807, 2.05) is 36.2 Å². The van der Waals surface area contributed by atoms with Gasteiger partial charge in [0.1, 0.15) is 0 Å². The maximum absolute atomic E-state index is 13.0. The first kappa shape index (κ1) is 17.5. The van der Waals surface area contributed by atoms with Gasteiger partial charge in [0.05, 0.1) is 11.1 Å². The fraction of sp³-hybridized carbons (Fsp3) is 0.600. The largest absolute Gasteiger partial charge is 0.396 e. The van der Waals surface area contributed by atoms with Crippen LogP contribution in [-0.2, 0) is 11.8 Å². The van der Waals surface area contributed by atoms with E-state index in [9.17, 15) is 9.90 Å². The first-order valence-corrected chi connectivity index (χ1v) is 9.58. The van der Waals surface area contributed by atoms with Gasteiger partial charge in [-0.25, -0.2) is 0 Å². The van der Waals surface area contributed by atoms with Crippen molar-refractivity contribution in [2.75, 3.05) is 26.3 Å². The molecule has 2 fully saturated rings. The number of aryl methyl sites for hydroxylation is 1. The molecule has 1 atom stereocenters. The van der Waals surface area contributed by atoms with Crippen LogP contribution in [0.1, 0.15) is 42.6 Å². The molecule has 4 rings (SSSR count). The number of rotatable bonds is 3. The molecule has 26 heavy (non-hydrogen) atoms. The van der Waals surface area contributed by atoms with Crippen molar-refractivity contribution in [3.63, 3.8) is 0 Å². The Morgan fingerprint density at radius 2 is 2.12 bits per heavy atom. The van der Waals surface area contributed by atoms with Crippen molar-refractivity contribution in [1.82, 2.24) is 14.7 Å². The number of fused-ring (bicyclic) bond motifs is 1. The van der Waals surface area contributed by atoms with Crippen molar-refractivity contribution in [3.05, 3.63) is 30.0 Å². The zero-order valence-corrected chi connectivity index (χ0v) is 15.4. The summed E-state index contributed by atoms with van der Waals surface area (Å²) in [6, 6.07) is 7.86. The van der Waals surface area contributed by atoms with Crippen LogP contribution in [-0.4, -0.2) is 57.6 Å². The first-order chi connectivity index (χ1) is 12.6. The second kappa shape index (κ2) is 7.00. The predicted molar refractivity (Wildman–Crippen MR) is 99.0 cm³/mol. The van der Waals surface area contributed by atoms with Gasteiger partial charge < -0.3 is 14.7 Å². The van der Waals surface area contributed by atoms with Gasteiger partial charge in [-0.05, 0) is 44.1 Å². The van der Waals surface area contributed by atoms with Gasteiger partial charge in [-0.3, -0.25) is 9.48 Å². The van der Waals surface area contributed by atoms with Crippen LogP contribution in [0.5, 0.6) is 0 Å². The maximum atomic E-state index is 13.0. The van der Waals surface area contributed by atoms with Crippen molar-refractivity contribution >= 4 is 16.8 Å². The average Bonchev–Trinajstić information content (AvgIpc) is 2.99. The highest BCUT2D eigenvalue weighted by molar-refractivity contribution is 6.04. The van der Waals surface area contributed by atoms with E-state index in [4.69, 9.17) is 4.74 Å². The van der Waals surface area contributed by atoms with E-state index in [1.165, 1.54) is 0 Å². The van der Waals surface area contributed by atoms with Crippen LogP contribution in [0.15, 0.2) is 24.3 Å². The van der Waals surface area contributed by atoms with E-state index in [-0.39, 0.29) is 18.1 Å². The third-order valence-electron chi connectivity index (χ3n) is 6.05. The molecule has 0 saturated carbocycles. The van der Waals surface area contributed by atoms with E-state index in [1.54, 1.807) is 4.68 Å². The van der Waals surface area contributed by atoms with Crippen molar-refractivity contribution in [1.29, 1.82) is 0 Å². The minimum absolute atomic E-state index is 0.0133. The summed E-state index contributed by atoms with van der Waals surface area (Å²) in [6.45, 7) is 2.42. The standard InChI is InChI=1S/C20H27N3O3/c1-22-17-5-3-2-4-16(17)18(21-22)19(25)23-10-8-20(9-11-23)14-15(6-12-24)7-13-26-20/h2-5,15,24H,6-14H2,1H3. The molecule has 1 unspecified atom stereocenters. The molecule has 0 radical (unpaired) electrons. The Morgan fingerprint density at radius 3 is 2.88 bits per heavy atom. The van der Waals surface area contributed by atoms with Gasteiger partial charge in [-0.2, -0.15) is 5.10 Å². The summed E-state index contributed by atoms with van der Waals surface area (Å²) < 4.78 is 7.93. The molecule has 6 nitrogen and oxygen atoms in total. The van der Waals surface area contributed by atoms with Crippen LogP contribution >= 0.6 is 0 Å². The average molecular weight is 357 g/mol. The lowest BCUT2D eigenvalue weighted by molar-refractivity contribution is -0.125. The number of carbonyl (C=O) groups excluding carboxylic acids is 1. The number of piperidine rings is 1. The molecule has 2 aliphatic heterocycles. The number of amides is 1. The SMILES string of the molecule is Cn1nc(C(=O)N2CCC3(CC2)CC(CCO)CCO3)c2ccccc21. The molecule has 0 aliphatic carbocycles. The Balaban J connectivity index is 1.47. The van der Waals surface area contributed by atoms with Crippen molar-refractivity contribution < 1.29 is 14.6 Å². The van der Waals surface area contributed by atoms with Gasteiger partial charge >= 0.3 is 0 Å². The highest BCUT2D eigenvalue weighted by Crippen LogP contribution is 2.39. The van der Waals surface area contributed by atoms with Crippen LogP contribution in [0.25, 0.3) is 10.9 Å². The zero-order chi connectivity index (χ0) is 18.1. The maximum Gasteiger partial charge on any atom is 0.275 e. The number of para-hydroxylation sites is 1. The van der Waals surface area contributed by atoms with E-state index < -0.39 is 0 Å². The Bertz CT molecular complexity index is 791. The van der Waals surface area contributed by atoms with Gasteiger partial charge in [0.15, 0.2) is 5.69 Å². The number of aromatic nitrogens is 2. The highest BCUT2D eigenvalue weighted by atomic mass is 16.5. The number of carbonyl (C=O) groups is 1. The fourth-order valence-electron chi connectivity index (χ4n) is 4.55. The third-order valence-corrected chi connectivity index (χ3v) is 6.05. The molecule has 2 aromatic rings. The molecule has 140 valence electrons. The lowest BCUT2D eigenvalue weighted by Crippen LogP contribution is -2.51. The van der Waals surface area contributed by atoms with E-state index in [0.717, 1.165) is 49.6 Å². The number of aliphatic hydroxyl groups excluding tert-OH is 1. The van der Waals surface area contributed by atoms with E-state index >= 15 is 0 Å². The molecule has 1 aromatic heterocycles. The predicted octanol–water partition coefficient (Wildman–Crippen LogP) is 2.36. The van der Waals surface area contributed by atoms with Crippen LogP contribution in [0.2, 0.25) is 0 Å². The van der Waals surface area contributed by atoms with Crippen molar-refractivity contribution in [2.45, 2.75) is 37.7 Å². The minimum Gasteiger partial charge on any atom is -0.396 e. The topological polar surface area (TPSA) is 67.6 Å². The molecule has 3 heterocycles. The van der Waals surface area contributed by atoms with Gasteiger partial charge in [-0.15, -0.1) is 0 Å². The Kier molecular flexibility index (Phi) is 4.71. The first-order valence-electron chi connectivity index (χ1n) is 9.58. The molecular formula is C20H27N3O3. The smallest absolute Gasteiger partial charge is 0.275 e. The molecule has 1 aromatic carbocycles. The molecule has 6 heteroatoms. The van der Waals surface area contributed by atoms with Gasteiger partial charge in [0.2, 0.25) is 0 Å². The number of aliphatic hydroxyl groups is 1. The number of hydrogen-bond donors (Lipinski definition) is 1. The molecule has 1 amide bonds. The highest BCUT2D eigenvalue weighted by Gasteiger charge is 2.41. The normalized spacial score (nSPS) is 22.8. The number of ether oxygens (including phenoxy) is 1.